The Bertz CT molecular complexity index is 683. The summed E-state index contributed by atoms with van der Waals surface area (Å²) in [5.74, 6) is -2.34. The summed E-state index contributed by atoms with van der Waals surface area (Å²) in [6.45, 7) is 0.150. The molecule has 18 heavy (non-hydrogen) atoms. The van der Waals surface area contributed by atoms with Crippen LogP contribution < -0.4 is 16.8 Å². The fourth-order valence-corrected chi connectivity index (χ4v) is 1.55. The van der Waals surface area contributed by atoms with E-state index in [0.717, 1.165) is 5.56 Å². The first-order chi connectivity index (χ1) is 8.49. The van der Waals surface area contributed by atoms with E-state index in [0.29, 0.717) is 11.1 Å². The maximum Gasteiger partial charge on any atom is 0.419 e. The number of hydrogen-bond acceptors (Lipinski definition) is 4. The number of fused-ring (bicyclic) bond motifs is 1. The molecule has 1 heterocycles. The molecule has 2 aromatic rings. The number of nitrogens with one attached hydrogen (secondary N) is 1. The van der Waals surface area contributed by atoms with Crippen molar-refractivity contribution in [1.82, 2.24) is 9.88 Å². The quantitative estimate of drug-likeness (QED) is 0.681. The van der Waals surface area contributed by atoms with Crippen molar-refractivity contribution in [2.45, 2.75) is 6.54 Å². The maximum atomic E-state index is 11.3. The average Bonchev–Trinajstić information content (AvgIpc) is 2.62. The zero-order valence-electron chi connectivity index (χ0n) is 9.60. The molecule has 2 rings (SSSR count). The monoisotopic (exact) mass is 249 g/mol. The van der Waals surface area contributed by atoms with Crippen molar-refractivity contribution < 1.29 is 14.0 Å². The summed E-state index contributed by atoms with van der Waals surface area (Å²) >= 11 is 0. The van der Waals surface area contributed by atoms with E-state index >= 15 is 0 Å². The van der Waals surface area contributed by atoms with Gasteiger partial charge in [0.2, 0.25) is 0 Å². The largest absolute Gasteiger partial charge is 0.419 e. The smallest absolute Gasteiger partial charge is 0.408 e. The minimum atomic E-state index is -1.04. The second-order valence-corrected chi connectivity index (χ2v) is 3.78. The van der Waals surface area contributed by atoms with Gasteiger partial charge in [0.25, 0.3) is 0 Å². The first-order valence-electron chi connectivity index (χ1n) is 5.15. The van der Waals surface area contributed by atoms with Gasteiger partial charge in [-0.2, -0.15) is 0 Å². The molecule has 0 aliphatic rings. The lowest BCUT2D eigenvalue weighted by Crippen LogP contribution is -2.35. The second kappa shape index (κ2) is 4.36. The highest BCUT2D eigenvalue weighted by molar-refractivity contribution is 6.34. The lowest BCUT2D eigenvalue weighted by molar-refractivity contribution is -0.137. The van der Waals surface area contributed by atoms with Gasteiger partial charge in [-0.3, -0.25) is 14.2 Å². The van der Waals surface area contributed by atoms with E-state index in [1.165, 1.54) is 4.57 Å². The number of rotatable bonds is 2. The summed E-state index contributed by atoms with van der Waals surface area (Å²) in [6, 6.07) is 5.01. The van der Waals surface area contributed by atoms with Crippen molar-refractivity contribution in [2.75, 3.05) is 0 Å². The van der Waals surface area contributed by atoms with E-state index in [1.54, 1.807) is 25.2 Å². The Morgan fingerprint density at radius 3 is 2.83 bits per heavy atom. The number of benzene rings is 1. The number of nitrogens with two attached hydrogens (primary N) is 1. The maximum absolute atomic E-state index is 11.3. The molecule has 0 aliphatic heterocycles. The van der Waals surface area contributed by atoms with Crippen LogP contribution in [0.25, 0.3) is 11.1 Å². The fourth-order valence-electron chi connectivity index (χ4n) is 1.55. The van der Waals surface area contributed by atoms with Gasteiger partial charge in [-0.25, -0.2) is 4.79 Å². The summed E-state index contributed by atoms with van der Waals surface area (Å²) in [5.41, 5.74) is 6.62. The van der Waals surface area contributed by atoms with Gasteiger partial charge in [0.05, 0.1) is 5.52 Å². The molecule has 1 aromatic heterocycles. The summed E-state index contributed by atoms with van der Waals surface area (Å²) in [6.07, 6.45) is 0. The third kappa shape index (κ3) is 2.10. The predicted octanol–water partition coefficient (Wildman–Crippen LogP) is -0.767. The van der Waals surface area contributed by atoms with Crippen LogP contribution in [0.5, 0.6) is 0 Å². The van der Waals surface area contributed by atoms with Crippen molar-refractivity contribution in [3.8, 4) is 0 Å². The van der Waals surface area contributed by atoms with Crippen molar-refractivity contribution >= 4 is 22.9 Å². The van der Waals surface area contributed by atoms with Crippen molar-refractivity contribution in [3.63, 3.8) is 0 Å². The molecule has 0 saturated heterocycles. The van der Waals surface area contributed by atoms with Crippen molar-refractivity contribution in [1.29, 1.82) is 0 Å². The lowest BCUT2D eigenvalue weighted by Gasteiger charge is -2.03. The van der Waals surface area contributed by atoms with E-state index < -0.39 is 17.6 Å². The molecule has 3 N–H and O–H groups in total. The van der Waals surface area contributed by atoms with Gasteiger partial charge in [-0.05, 0) is 17.7 Å². The van der Waals surface area contributed by atoms with Crippen molar-refractivity contribution in [2.24, 2.45) is 12.8 Å². The highest BCUT2D eigenvalue weighted by atomic mass is 16.4. The van der Waals surface area contributed by atoms with Crippen LogP contribution in [0.3, 0.4) is 0 Å². The highest BCUT2D eigenvalue weighted by Crippen LogP contribution is 2.13. The number of aromatic nitrogens is 1. The van der Waals surface area contributed by atoms with Crippen LogP contribution >= 0.6 is 0 Å². The van der Waals surface area contributed by atoms with E-state index in [4.69, 9.17) is 10.2 Å². The molecule has 1 aromatic carbocycles. The van der Waals surface area contributed by atoms with E-state index in [-0.39, 0.29) is 6.54 Å². The molecule has 0 bridgehead atoms. The number of nitrogens with zero attached hydrogens (tertiary/aromatic N) is 1. The lowest BCUT2D eigenvalue weighted by atomic mass is 10.2. The Balaban J connectivity index is 2.25. The number of oxazole rings is 1. The number of amides is 2. The zero-order valence-corrected chi connectivity index (χ0v) is 9.60. The minimum absolute atomic E-state index is 0.150. The second-order valence-electron chi connectivity index (χ2n) is 3.78. The molecule has 94 valence electrons. The first-order valence-corrected chi connectivity index (χ1v) is 5.15. The van der Waals surface area contributed by atoms with Gasteiger partial charge >= 0.3 is 17.6 Å². The van der Waals surface area contributed by atoms with Gasteiger partial charge < -0.3 is 15.5 Å². The van der Waals surface area contributed by atoms with Gasteiger partial charge in [0.1, 0.15) is 0 Å². The number of aryl methyl sites for hydroxylation is 1. The summed E-state index contributed by atoms with van der Waals surface area (Å²) < 4.78 is 6.32. The average molecular weight is 249 g/mol. The molecule has 0 aliphatic carbocycles. The van der Waals surface area contributed by atoms with E-state index in [9.17, 15) is 14.4 Å². The standard InChI is InChI=1S/C11H11N3O4/c1-14-7-4-6(5-13-10(16)9(12)15)2-3-8(7)18-11(14)17/h2-4H,5H2,1H3,(H2,12,15)(H,13,16). The third-order valence-electron chi connectivity index (χ3n) is 2.53. The normalized spacial score (nSPS) is 10.5. The van der Waals surface area contributed by atoms with Gasteiger partial charge in [0, 0.05) is 13.6 Å². The highest BCUT2D eigenvalue weighted by Gasteiger charge is 2.09. The Kier molecular flexibility index (Phi) is 2.88. The first kappa shape index (κ1) is 11.9. The van der Waals surface area contributed by atoms with Crippen molar-refractivity contribution in [3.05, 3.63) is 34.3 Å². The number of carbonyl (C=O) groups excluding carboxylic acids is 2. The molecule has 0 unspecified atom stereocenters. The number of carbonyl (C=O) groups is 2. The predicted molar refractivity (Wildman–Crippen MR) is 62.5 cm³/mol. The SMILES string of the molecule is Cn1c(=O)oc2ccc(CNC(=O)C(N)=O)cc21. The molecular weight excluding hydrogens is 238 g/mol. The molecule has 0 spiro atoms. The number of primary amides is 1. The molecule has 7 nitrogen and oxygen atoms in total. The molecule has 7 heteroatoms. The Morgan fingerprint density at radius 2 is 2.17 bits per heavy atom. The Hall–Kier alpha value is -2.57. The van der Waals surface area contributed by atoms with Crippen LogP contribution in [0.2, 0.25) is 0 Å². The van der Waals surface area contributed by atoms with Crippen LogP contribution in [0.4, 0.5) is 0 Å². The zero-order chi connectivity index (χ0) is 13.3. The molecule has 0 atom stereocenters. The Labute approximate surface area is 101 Å². The fraction of sp³-hybridized carbons (Fsp3) is 0.182. The molecule has 2 amide bonds. The van der Waals surface area contributed by atoms with Crippen LogP contribution in [-0.4, -0.2) is 16.4 Å². The topological polar surface area (TPSA) is 107 Å². The van der Waals surface area contributed by atoms with Gasteiger partial charge in [-0.15, -0.1) is 0 Å². The molecule has 0 fully saturated rings. The van der Waals surface area contributed by atoms with Gasteiger partial charge in [0.15, 0.2) is 5.58 Å². The van der Waals surface area contributed by atoms with E-state index in [1.807, 2.05) is 0 Å². The molecule has 0 saturated carbocycles. The Morgan fingerprint density at radius 1 is 1.44 bits per heavy atom. The van der Waals surface area contributed by atoms with Crippen LogP contribution in [0.15, 0.2) is 27.4 Å². The number of hydrogen-bond donors (Lipinski definition) is 2. The van der Waals surface area contributed by atoms with Gasteiger partial charge in [-0.1, -0.05) is 6.07 Å². The summed E-state index contributed by atoms with van der Waals surface area (Å²) in [4.78, 5) is 32.8. The van der Waals surface area contributed by atoms with Crippen LogP contribution in [0.1, 0.15) is 5.56 Å². The summed E-state index contributed by atoms with van der Waals surface area (Å²) in [7, 11) is 1.58. The summed E-state index contributed by atoms with van der Waals surface area (Å²) in [5, 5.41) is 2.36. The molecular formula is C11H11N3O4. The van der Waals surface area contributed by atoms with Crippen LogP contribution in [0, 0.1) is 0 Å². The third-order valence-corrected chi connectivity index (χ3v) is 2.53. The van der Waals surface area contributed by atoms with E-state index in [2.05, 4.69) is 5.32 Å². The minimum Gasteiger partial charge on any atom is -0.408 e. The van der Waals surface area contributed by atoms with Crippen LogP contribution in [-0.2, 0) is 23.2 Å². The molecule has 0 radical (unpaired) electrons.